The van der Waals surface area contributed by atoms with Crippen LogP contribution >= 0.6 is 15.9 Å². The molecular formula is C14H21BrN2O2. The lowest BCUT2D eigenvalue weighted by Gasteiger charge is -2.05. The van der Waals surface area contributed by atoms with Gasteiger partial charge in [-0.15, -0.1) is 0 Å². The molecule has 0 aromatic carbocycles. The third-order valence-electron chi connectivity index (χ3n) is 1.88. The summed E-state index contributed by atoms with van der Waals surface area (Å²) >= 11 is 3.30. The highest BCUT2D eigenvalue weighted by Crippen LogP contribution is 2.02. The molecule has 0 radical (unpaired) electrons. The van der Waals surface area contributed by atoms with E-state index in [1.807, 2.05) is 39.8 Å². The van der Waals surface area contributed by atoms with E-state index in [1.165, 1.54) is 0 Å². The van der Waals surface area contributed by atoms with E-state index < -0.39 is 0 Å². The van der Waals surface area contributed by atoms with Crippen molar-refractivity contribution in [1.82, 2.24) is 10.6 Å². The van der Waals surface area contributed by atoms with Gasteiger partial charge in [-0.25, -0.2) is 4.79 Å². The summed E-state index contributed by atoms with van der Waals surface area (Å²) in [6, 6.07) is 3.33. The number of furan rings is 1. The van der Waals surface area contributed by atoms with E-state index in [2.05, 4.69) is 26.6 Å². The Balaban J connectivity index is 0.00000154. The highest BCUT2D eigenvalue weighted by atomic mass is 79.9. The predicted octanol–water partition coefficient (Wildman–Crippen LogP) is 4.31. The number of hydrogen-bond donors (Lipinski definition) is 2. The molecule has 1 aromatic rings. The number of carbonyl (C=O) groups excluding carboxylic acids is 1. The lowest BCUT2D eigenvalue weighted by Crippen LogP contribution is -2.33. The van der Waals surface area contributed by atoms with Gasteiger partial charge in [0.05, 0.1) is 12.8 Å². The lowest BCUT2D eigenvalue weighted by atomic mass is 10.4. The van der Waals surface area contributed by atoms with Crippen LogP contribution in [-0.4, -0.2) is 6.03 Å². The van der Waals surface area contributed by atoms with E-state index in [0.717, 1.165) is 15.9 Å². The fourth-order valence-electron chi connectivity index (χ4n) is 1.09. The number of hydrogen-bond acceptors (Lipinski definition) is 2. The number of rotatable bonds is 4. The van der Waals surface area contributed by atoms with Crippen LogP contribution in [0.1, 0.15) is 33.5 Å². The van der Waals surface area contributed by atoms with Crippen LogP contribution in [0.5, 0.6) is 0 Å². The Morgan fingerprint density at radius 1 is 1.37 bits per heavy atom. The fourth-order valence-corrected chi connectivity index (χ4v) is 1.22. The summed E-state index contributed by atoms with van der Waals surface area (Å²) in [4.78, 5) is 11.5. The maximum absolute atomic E-state index is 11.5. The Bertz CT molecular complexity index is 419. The van der Waals surface area contributed by atoms with Crippen LogP contribution in [0.2, 0.25) is 0 Å². The zero-order valence-corrected chi connectivity index (χ0v) is 13.4. The van der Waals surface area contributed by atoms with Crippen molar-refractivity contribution in [3.8, 4) is 0 Å². The second-order valence-electron chi connectivity index (χ2n) is 3.49. The van der Waals surface area contributed by atoms with Gasteiger partial charge in [-0.2, -0.15) is 0 Å². The number of amides is 2. The lowest BCUT2D eigenvalue weighted by molar-refractivity contribution is 0.242. The van der Waals surface area contributed by atoms with Crippen molar-refractivity contribution < 1.29 is 9.21 Å². The standard InChI is InChI=1S/C12H15BrN2O2.C2H6/c1-9(13)5-6-10(2)15-12(16)14-8-11-4-3-7-17-11;1-2/h3-7H,8H2,1-2H3,(H2,14,15,16);1-2H3/b9-5+,10-6+;. The zero-order valence-electron chi connectivity index (χ0n) is 11.8. The summed E-state index contributed by atoms with van der Waals surface area (Å²) in [5.74, 6) is 0.720. The molecule has 0 saturated heterocycles. The van der Waals surface area contributed by atoms with Crippen LogP contribution in [-0.2, 0) is 6.54 Å². The van der Waals surface area contributed by atoms with E-state index >= 15 is 0 Å². The first kappa shape index (κ1) is 17.5. The molecule has 0 bridgehead atoms. The van der Waals surface area contributed by atoms with E-state index in [0.29, 0.717) is 6.54 Å². The maximum atomic E-state index is 11.5. The molecule has 0 fully saturated rings. The fraction of sp³-hybridized carbons (Fsp3) is 0.357. The van der Waals surface area contributed by atoms with Crippen molar-refractivity contribution in [3.05, 3.63) is 46.5 Å². The Morgan fingerprint density at radius 3 is 2.58 bits per heavy atom. The summed E-state index contributed by atoms with van der Waals surface area (Å²) in [6.07, 6.45) is 5.25. The topological polar surface area (TPSA) is 54.3 Å². The van der Waals surface area contributed by atoms with Crippen molar-refractivity contribution in [2.45, 2.75) is 34.2 Å². The van der Waals surface area contributed by atoms with E-state index in [-0.39, 0.29) is 6.03 Å². The van der Waals surface area contributed by atoms with E-state index in [1.54, 1.807) is 18.4 Å². The van der Waals surface area contributed by atoms with Gasteiger partial charge < -0.3 is 15.1 Å². The van der Waals surface area contributed by atoms with Gasteiger partial charge in [0, 0.05) is 5.70 Å². The molecule has 1 rings (SSSR count). The summed E-state index contributed by atoms with van der Waals surface area (Å²) in [6.45, 7) is 8.11. The molecule has 2 amide bonds. The molecule has 106 valence electrons. The monoisotopic (exact) mass is 328 g/mol. The van der Waals surface area contributed by atoms with Crippen molar-refractivity contribution >= 4 is 22.0 Å². The number of carbonyl (C=O) groups is 1. The summed E-state index contributed by atoms with van der Waals surface area (Å²) in [5.41, 5.74) is 0.765. The molecule has 4 nitrogen and oxygen atoms in total. The highest BCUT2D eigenvalue weighted by molar-refractivity contribution is 9.11. The summed E-state index contributed by atoms with van der Waals surface area (Å²) in [7, 11) is 0. The van der Waals surface area contributed by atoms with E-state index in [9.17, 15) is 4.79 Å². The van der Waals surface area contributed by atoms with Crippen molar-refractivity contribution in [3.63, 3.8) is 0 Å². The van der Waals surface area contributed by atoms with Crippen LogP contribution in [0.15, 0.2) is 45.1 Å². The molecule has 0 spiro atoms. The maximum Gasteiger partial charge on any atom is 0.319 e. The average molecular weight is 329 g/mol. The van der Waals surface area contributed by atoms with Crippen LogP contribution in [0.3, 0.4) is 0 Å². The molecule has 0 aliphatic rings. The third-order valence-corrected chi connectivity index (χ3v) is 2.14. The highest BCUT2D eigenvalue weighted by Gasteiger charge is 2.01. The smallest absolute Gasteiger partial charge is 0.319 e. The molecule has 0 saturated carbocycles. The third kappa shape index (κ3) is 9.13. The SMILES string of the molecule is C/C(Br)=C\C=C(/C)NC(=O)NCc1ccco1.CC. The second kappa shape index (κ2) is 10.4. The van der Waals surface area contributed by atoms with Crippen LogP contribution in [0, 0.1) is 0 Å². The van der Waals surface area contributed by atoms with Crippen molar-refractivity contribution in [1.29, 1.82) is 0 Å². The van der Waals surface area contributed by atoms with Gasteiger partial charge in [-0.3, -0.25) is 0 Å². The minimum Gasteiger partial charge on any atom is -0.467 e. The van der Waals surface area contributed by atoms with Crippen molar-refractivity contribution in [2.75, 3.05) is 0 Å². The summed E-state index contributed by atoms with van der Waals surface area (Å²) < 4.78 is 6.09. The van der Waals surface area contributed by atoms with Crippen LogP contribution in [0.25, 0.3) is 0 Å². The minimum absolute atomic E-state index is 0.254. The van der Waals surface area contributed by atoms with Gasteiger partial charge in [-0.05, 0) is 36.5 Å². The van der Waals surface area contributed by atoms with E-state index in [4.69, 9.17) is 4.42 Å². The molecule has 0 aliphatic heterocycles. The number of urea groups is 1. The molecule has 1 aromatic heterocycles. The van der Waals surface area contributed by atoms with Gasteiger partial charge in [0.15, 0.2) is 0 Å². The molecule has 0 aliphatic carbocycles. The molecule has 19 heavy (non-hydrogen) atoms. The van der Waals surface area contributed by atoms with Crippen LogP contribution in [0.4, 0.5) is 4.79 Å². The Labute approximate surface area is 123 Å². The minimum atomic E-state index is -0.254. The van der Waals surface area contributed by atoms with Gasteiger partial charge in [0.2, 0.25) is 0 Å². The normalized spacial score (nSPS) is 11.4. The Hall–Kier alpha value is -1.49. The average Bonchev–Trinajstić information content (AvgIpc) is 2.89. The molecular weight excluding hydrogens is 308 g/mol. The first-order valence-electron chi connectivity index (χ1n) is 6.16. The molecule has 0 atom stereocenters. The van der Waals surface area contributed by atoms with Gasteiger partial charge >= 0.3 is 6.03 Å². The molecule has 2 N–H and O–H groups in total. The zero-order chi connectivity index (χ0) is 14.7. The number of nitrogens with one attached hydrogen (secondary N) is 2. The second-order valence-corrected chi connectivity index (χ2v) is 4.74. The van der Waals surface area contributed by atoms with Gasteiger partial charge in [0.25, 0.3) is 0 Å². The number of halogens is 1. The Kier molecular flexibility index (Phi) is 9.62. The molecule has 1 heterocycles. The molecule has 0 unspecified atom stereocenters. The largest absolute Gasteiger partial charge is 0.467 e. The number of allylic oxidation sites excluding steroid dienone is 4. The van der Waals surface area contributed by atoms with Gasteiger partial charge in [-0.1, -0.05) is 35.9 Å². The summed E-state index contributed by atoms with van der Waals surface area (Å²) in [5, 5.41) is 5.39. The van der Waals surface area contributed by atoms with Crippen LogP contribution < -0.4 is 10.6 Å². The first-order chi connectivity index (χ1) is 9.08. The first-order valence-corrected chi connectivity index (χ1v) is 6.95. The quantitative estimate of drug-likeness (QED) is 0.809. The Morgan fingerprint density at radius 2 is 2.05 bits per heavy atom. The predicted molar refractivity (Wildman–Crippen MR) is 81.9 cm³/mol. The molecule has 5 heteroatoms. The van der Waals surface area contributed by atoms with Gasteiger partial charge in [0.1, 0.15) is 5.76 Å². The van der Waals surface area contributed by atoms with Crippen molar-refractivity contribution in [2.24, 2.45) is 0 Å².